The van der Waals surface area contributed by atoms with Gasteiger partial charge in [-0.15, -0.1) is 23.7 Å². The predicted octanol–water partition coefficient (Wildman–Crippen LogP) is 4.84. The number of nitrogens with zero attached hydrogens (tertiary/aromatic N) is 4. The molecule has 1 aliphatic rings. The van der Waals surface area contributed by atoms with Crippen molar-refractivity contribution < 1.29 is 13.9 Å². The number of amides is 1. The van der Waals surface area contributed by atoms with Crippen molar-refractivity contribution in [2.75, 3.05) is 44.3 Å². The topological polar surface area (TPSA) is 58.6 Å². The van der Waals surface area contributed by atoms with Crippen LogP contribution in [0.2, 0.25) is 0 Å². The SMILES string of the molecule is Cl.O=C(c1nc2ccccc2s1)N(CCCN1CCOCC1)c1nc2c(F)cccc2s1. The smallest absolute Gasteiger partial charge is 0.289 e. The Morgan fingerprint density at radius 1 is 1.06 bits per heavy atom. The molecule has 0 saturated carbocycles. The molecule has 0 spiro atoms. The molecule has 4 aromatic rings. The third kappa shape index (κ3) is 4.77. The van der Waals surface area contributed by atoms with Gasteiger partial charge in [-0.25, -0.2) is 14.4 Å². The van der Waals surface area contributed by atoms with E-state index in [1.807, 2.05) is 30.3 Å². The van der Waals surface area contributed by atoms with E-state index in [-0.39, 0.29) is 24.1 Å². The van der Waals surface area contributed by atoms with Gasteiger partial charge in [0.05, 0.1) is 28.1 Å². The number of halogens is 2. The van der Waals surface area contributed by atoms with Crippen molar-refractivity contribution in [2.45, 2.75) is 6.42 Å². The molecule has 3 heterocycles. The van der Waals surface area contributed by atoms with Crippen LogP contribution in [0.5, 0.6) is 0 Å². The van der Waals surface area contributed by atoms with Crippen LogP contribution in [0.15, 0.2) is 42.5 Å². The van der Waals surface area contributed by atoms with Gasteiger partial charge in [0.15, 0.2) is 10.1 Å². The molecule has 0 N–H and O–H groups in total. The van der Waals surface area contributed by atoms with Gasteiger partial charge in [0.2, 0.25) is 0 Å². The summed E-state index contributed by atoms with van der Waals surface area (Å²) in [5.74, 6) is -0.566. The molecule has 0 bridgehead atoms. The Bertz CT molecular complexity index is 1190. The van der Waals surface area contributed by atoms with Crippen LogP contribution in [0, 0.1) is 5.82 Å². The number of para-hydroxylation sites is 2. The lowest BCUT2D eigenvalue weighted by molar-refractivity contribution is 0.0376. The Balaban J connectivity index is 0.00000245. The van der Waals surface area contributed by atoms with Crippen LogP contribution in [-0.4, -0.2) is 60.2 Å². The second-order valence-corrected chi connectivity index (χ2v) is 9.37. The van der Waals surface area contributed by atoms with Crippen LogP contribution in [-0.2, 0) is 4.74 Å². The molecule has 1 saturated heterocycles. The van der Waals surface area contributed by atoms with Crippen LogP contribution < -0.4 is 4.90 Å². The average molecular weight is 493 g/mol. The number of fused-ring (bicyclic) bond motifs is 2. The zero-order valence-corrected chi connectivity index (χ0v) is 19.6. The number of carbonyl (C=O) groups is 1. The Labute approximate surface area is 199 Å². The van der Waals surface area contributed by atoms with Crippen LogP contribution in [0.1, 0.15) is 16.2 Å². The van der Waals surface area contributed by atoms with E-state index in [0.717, 1.165) is 54.2 Å². The number of morpholine rings is 1. The lowest BCUT2D eigenvalue weighted by atomic mass is 10.3. The molecule has 1 aliphatic heterocycles. The van der Waals surface area contributed by atoms with Crippen molar-refractivity contribution >= 4 is 66.6 Å². The monoisotopic (exact) mass is 492 g/mol. The fourth-order valence-electron chi connectivity index (χ4n) is 3.66. The zero-order chi connectivity index (χ0) is 21.2. The van der Waals surface area contributed by atoms with Crippen LogP contribution in [0.4, 0.5) is 9.52 Å². The van der Waals surface area contributed by atoms with Gasteiger partial charge in [-0.2, -0.15) is 0 Å². The number of carbonyl (C=O) groups excluding carboxylic acids is 1. The van der Waals surface area contributed by atoms with E-state index in [2.05, 4.69) is 14.9 Å². The summed E-state index contributed by atoms with van der Waals surface area (Å²) in [6.07, 6.45) is 0.787. The molecule has 0 atom stereocenters. The second kappa shape index (κ2) is 10.2. The summed E-state index contributed by atoms with van der Waals surface area (Å²) in [6, 6.07) is 12.6. The van der Waals surface area contributed by atoms with Crippen molar-refractivity contribution in [1.82, 2.24) is 14.9 Å². The maximum Gasteiger partial charge on any atom is 0.289 e. The van der Waals surface area contributed by atoms with Crippen molar-refractivity contribution in [3.05, 3.63) is 53.3 Å². The standard InChI is InChI=1S/C22H21FN4O2S2.ClH/c23-15-5-3-8-18-19(15)25-22(31-18)27(10-4-9-26-11-13-29-14-12-26)21(28)20-24-16-6-1-2-7-17(16)30-20;/h1-3,5-8H,4,9-14H2;1H. The molecule has 0 unspecified atom stereocenters. The Morgan fingerprint density at radius 2 is 1.84 bits per heavy atom. The van der Waals surface area contributed by atoms with E-state index in [9.17, 15) is 9.18 Å². The maximum absolute atomic E-state index is 14.2. The predicted molar refractivity (Wildman–Crippen MR) is 130 cm³/mol. The van der Waals surface area contributed by atoms with Crippen molar-refractivity contribution in [2.24, 2.45) is 0 Å². The van der Waals surface area contributed by atoms with Gasteiger partial charge in [-0.05, 0) is 30.7 Å². The third-order valence-corrected chi connectivity index (χ3v) is 7.34. The number of benzene rings is 2. The number of anilines is 1. The number of aromatic nitrogens is 2. The Hall–Kier alpha value is -2.17. The summed E-state index contributed by atoms with van der Waals surface area (Å²) < 4.78 is 21.3. The summed E-state index contributed by atoms with van der Waals surface area (Å²) in [4.78, 5) is 26.5. The number of hydrogen-bond acceptors (Lipinski definition) is 7. The Kier molecular flexibility index (Phi) is 7.32. The molecule has 2 aromatic heterocycles. The molecule has 168 valence electrons. The minimum Gasteiger partial charge on any atom is -0.379 e. The normalized spacial score (nSPS) is 14.5. The van der Waals surface area contributed by atoms with Gasteiger partial charge in [0.25, 0.3) is 5.91 Å². The van der Waals surface area contributed by atoms with E-state index >= 15 is 0 Å². The molecule has 0 aliphatic carbocycles. The first-order valence-electron chi connectivity index (χ1n) is 10.2. The first kappa shape index (κ1) is 23.0. The molecule has 1 amide bonds. The molecule has 0 radical (unpaired) electrons. The van der Waals surface area contributed by atoms with Gasteiger partial charge < -0.3 is 4.74 Å². The molecule has 6 nitrogen and oxygen atoms in total. The average Bonchev–Trinajstić information content (AvgIpc) is 3.42. The highest BCUT2D eigenvalue weighted by Gasteiger charge is 2.25. The van der Waals surface area contributed by atoms with Crippen molar-refractivity contribution in [3.63, 3.8) is 0 Å². The largest absolute Gasteiger partial charge is 0.379 e. The first-order chi connectivity index (χ1) is 15.2. The van der Waals surface area contributed by atoms with Crippen molar-refractivity contribution in [1.29, 1.82) is 0 Å². The lowest BCUT2D eigenvalue weighted by Gasteiger charge is -2.27. The first-order valence-corrected chi connectivity index (χ1v) is 11.8. The Morgan fingerprint density at radius 3 is 2.62 bits per heavy atom. The summed E-state index contributed by atoms with van der Waals surface area (Å²) in [6.45, 7) is 4.65. The quantitative estimate of drug-likeness (QED) is 0.385. The zero-order valence-electron chi connectivity index (χ0n) is 17.2. The highest BCUT2D eigenvalue weighted by Crippen LogP contribution is 2.32. The number of hydrogen-bond donors (Lipinski definition) is 0. The van der Waals surface area contributed by atoms with Crippen molar-refractivity contribution in [3.8, 4) is 0 Å². The number of rotatable bonds is 6. The second-order valence-electron chi connectivity index (χ2n) is 7.33. The third-order valence-electron chi connectivity index (χ3n) is 5.27. The van der Waals surface area contributed by atoms with E-state index in [1.165, 1.54) is 28.7 Å². The fraction of sp³-hybridized carbons (Fsp3) is 0.318. The minimum atomic E-state index is -0.374. The van der Waals surface area contributed by atoms with Crippen LogP contribution in [0.25, 0.3) is 20.4 Å². The number of ether oxygens (including phenoxy) is 1. The van der Waals surface area contributed by atoms with E-state index in [1.54, 1.807) is 11.0 Å². The minimum absolute atomic E-state index is 0. The van der Waals surface area contributed by atoms with Gasteiger partial charge in [0.1, 0.15) is 11.3 Å². The summed E-state index contributed by atoms with van der Waals surface area (Å²) in [5.41, 5.74) is 1.11. The van der Waals surface area contributed by atoms with E-state index in [4.69, 9.17) is 4.74 Å². The molecule has 1 fully saturated rings. The molecule has 10 heteroatoms. The van der Waals surface area contributed by atoms with Gasteiger partial charge >= 0.3 is 0 Å². The number of thiazole rings is 2. The summed E-state index contributed by atoms with van der Waals surface area (Å²) in [5, 5.41) is 0.929. The molecular formula is C22H22ClFN4O2S2. The highest BCUT2D eigenvalue weighted by atomic mass is 35.5. The fourth-order valence-corrected chi connectivity index (χ4v) is 5.58. The van der Waals surface area contributed by atoms with Crippen LogP contribution in [0.3, 0.4) is 0 Å². The van der Waals surface area contributed by atoms with E-state index in [0.29, 0.717) is 22.2 Å². The van der Waals surface area contributed by atoms with Gasteiger partial charge in [-0.3, -0.25) is 14.6 Å². The lowest BCUT2D eigenvalue weighted by Crippen LogP contribution is -2.39. The molecule has 32 heavy (non-hydrogen) atoms. The highest BCUT2D eigenvalue weighted by molar-refractivity contribution is 7.23. The molecular weight excluding hydrogens is 471 g/mol. The van der Waals surface area contributed by atoms with E-state index < -0.39 is 0 Å². The summed E-state index contributed by atoms with van der Waals surface area (Å²) >= 11 is 2.71. The molecule has 5 rings (SSSR count). The van der Waals surface area contributed by atoms with Gasteiger partial charge in [-0.1, -0.05) is 29.5 Å². The van der Waals surface area contributed by atoms with Gasteiger partial charge in [0, 0.05) is 26.2 Å². The van der Waals surface area contributed by atoms with Crippen LogP contribution >= 0.6 is 35.1 Å². The maximum atomic E-state index is 14.2. The molecule has 2 aromatic carbocycles. The summed E-state index contributed by atoms with van der Waals surface area (Å²) in [7, 11) is 0.